The molecular weight excluding hydrogens is 553 g/mol. The molecule has 4 rings (SSSR count). The molecule has 2 aliphatic rings. The fourth-order valence-corrected chi connectivity index (χ4v) is 6.09. The molecule has 44 heavy (non-hydrogen) atoms. The van der Waals surface area contributed by atoms with Gasteiger partial charge < -0.3 is 19.9 Å². The van der Waals surface area contributed by atoms with Crippen molar-refractivity contribution in [1.29, 1.82) is 0 Å². The number of likely N-dealkylation sites (tertiary alicyclic amines) is 1. The van der Waals surface area contributed by atoms with Crippen molar-refractivity contribution >= 4 is 17.9 Å². The monoisotopic (exact) mass is 611 g/mol. The lowest BCUT2D eigenvalue weighted by atomic mass is 9.89. The second-order valence-corrected chi connectivity index (χ2v) is 11.5. The minimum Gasteiger partial charge on any atom is -0.491 e. The number of carbonyl (C=O) groups excluding carboxylic acids is 2. The fourth-order valence-electron chi connectivity index (χ4n) is 6.09. The first kappa shape index (κ1) is 37.3. The van der Waals surface area contributed by atoms with Crippen LogP contribution in [-0.4, -0.2) is 62.5 Å². The summed E-state index contributed by atoms with van der Waals surface area (Å²) in [6, 6.07) is 12.5. The van der Waals surface area contributed by atoms with E-state index >= 15 is 0 Å². The Labute approximate surface area is 266 Å². The van der Waals surface area contributed by atoms with Crippen LogP contribution in [0.2, 0.25) is 0 Å². The van der Waals surface area contributed by atoms with Gasteiger partial charge in [0.1, 0.15) is 11.6 Å². The summed E-state index contributed by atoms with van der Waals surface area (Å²) in [6.45, 7) is 15.5. The molecule has 1 fully saturated rings. The molecule has 2 aromatic rings. The van der Waals surface area contributed by atoms with Gasteiger partial charge in [-0.2, -0.15) is 0 Å². The van der Waals surface area contributed by atoms with Crippen LogP contribution >= 0.6 is 0 Å². The zero-order valence-corrected chi connectivity index (χ0v) is 28.1. The Bertz CT molecular complexity index is 1070. The van der Waals surface area contributed by atoms with Crippen molar-refractivity contribution in [2.24, 2.45) is 0 Å². The lowest BCUT2D eigenvalue weighted by molar-refractivity contribution is -0.109. The Balaban J connectivity index is 0.000000661. The highest BCUT2D eigenvalue weighted by Crippen LogP contribution is 2.49. The van der Waals surface area contributed by atoms with Crippen molar-refractivity contribution in [3.8, 4) is 5.75 Å². The predicted octanol–water partition coefficient (Wildman–Crippen LogP) is 8.39. The molecule has 7 heteroatoms. The average molecular weight is 612 g/mol. The van der Waals surface area contributed by atoms with E-state index in [1.807, 2.05) is 13.8 Å². The summed E-state index contributed by atoms with van der Waals surface area (Å²) in [7, 11) is 0. The van der Waals surface area contributed by atoms with Gasteiger partial charge in [0.25, 0.3) is 0 Å². The van der Waals surface area contributed by atoms with Gasteiger partial charge in [0, 0.05) is 50.1 Å². The van der Waals surface area contributed by atoms with Crippen molar-refractivity contribution in [3.63, 3.8) is 0 Å². The van der Waals surface area contributed by atoms with Crippen LogP contribution in [0.3, 0.4) is 0 Å². The number of nitrogens with one attached hydrogen (secondary N) is 1. The number of Topliss-reactive ketones (excluding diaryl/α,β-unsaturated/α-hetero) is 1. The molecule has 2 aromatic carbocycles. The Kier molecular flexibility index (Phi) is 18.4. The van der Waals surface area contributed by atoms with Crippen LogP contribution < -0.4 is 15.0 Å². The molecule has 2 atom stereocenters. The van der Waals surface area contributed by atoms with Crippen molar-refractivity contribution in [2.45, 2.75) is 111 Å². The van der Waals surface area contributed by atoms with Gasteiger partial charge in [-0.25, -0.2) is 4.39 Å². The van der Waals surface area contributed by atoms with Gasteiger partial charge in [-0.1, -0.05) is 85.3 Å². The van der Waals surface area contributed by atoms with Gasteiger partial charge in [0.2, 0.25) is 6.41 Å². The van der Waals surface area contributed by atoms with Gasteiger partial charge in [-0.15, -0.1) is 0 Å². The maximum atomic E-state index is 13.1. The predicted molar refractivity (Wildman–Crippen MR) is 182 cm³/mol. The number of hydrogen-bond donors (Lipinski definition) is 1. The first-order valence-electron chi connectivity index (χ1n) is 17.2. The van der Waals surface area contributed by atoms with Crippen LogP contribution in [0.15, 0.2) is 42.5 Å². The summed E-state index contributed by atoms with van der Waals surface area (Å²) in [5.41, 5.74) is 3.08. The number of rotatable bonds is 17. The summed E-state index contributed by atoms with van der Waals surface area (Å²) in [4.78, 5) is 28.2. The summed E-state index contributed by atoms with van der Waals surface area (Å²) in [5, 5.41) is 2.81. The average Bonchev–Trinajstić information content (AvgIpc) is 3.36. The largest absolute Gasteiger partial charge is 0.491 e. The third-order valence-electron chi connectivity index (χ3n) is 8.36. The molecule has 2 unspecified atom stereocenters. The SMILES string of the molecule is CC.CCCCCCC.CCCCOc1cccc2c1N(CCNC=O)C1CCN(CCCC(=O)c3ccc(F)cc3)CC21. The topological polar surface area (TPSA) is 61.9 Å². The standard InChI is InChI=1S/C28H36FN3O3.C7H16.C2H6/c1-2-3-18-35-27-8-4-6-23-24-19-31(15-5-7-26(34)21-9-11-22(29)12-10-21)16-13-25(24)32(28(23)27)17-14-30-20-33;1-3-5-7-6-4-2;1-2/h4,6,8-12,20,24-25H,2-3,5,7,13-19H2,1H3,(H,30,33);3-7H2,1-2H3;1-2H3. The molecule has 1 saturated heterocycles. The first-order valence-corrected chi connectivity index (χ1v) is 17.2. The number of hydrogen-bond acceptors (Lipinski definition) is 5. The fraction of sp³-hybridized carbons (Fsp3) is 0.622. The Morgan fingerprint density at radius 2 is 1.66 bits per heavy atom. The molecule has 0 aromatic heterocycles. The number of unbranched alkanes of at least 4 members (excludes halogenated alkanes) is 5. The third-order valence-corrected chi connectivity index (χ3v) is 8.36. The molecule has 1 amide bonds. The zero-order valence-electron chi connectivity index (χ0n) is 28.1. The summed E-state index contributed by atoms with van der Waals surface area (Å²) < 4.78 is 19.3. The summed E-state index contributed by atoms with van der Waals surface area (Å²) >= 11 is 0. The number of halogens is 1. The lowest BCUT2D eigenvalue weighted by Crippen LogP contribution is -2.47. The number of benzene rings is 2. The Morgan fingerprint density at radius 3 is 2.32 bits per heavy atom. The molecule has 6 nitrogen and oxygen atoms in total. The number of fused-ring (bicyclic) bond motifs is 3. The number of ether oxygens (including phenoxy) is 1. The number of amides is 1. The third kappa shape index (κ3) is 11.5. The maximum Gasteiger partial charge on any atom is 0.207 e. The molecule has 0 saturated carbocycles. The smallest absolute Gasteiger partial charge is 0.207 e. The summed E-state index contributed by atoms with van der Waals surface area (Å²) in [6.07, 6.45) is 12.2. The van der Waals surface area contributed by atoms with Crippen molar-refractivity contribution < 1.29 is 18.7 Å². The van der Waals surface area contributed by atoms with E-state index in [0.29, 0.717) is 37.1 Å². The Morgan fingerprint density at radius 1 is 0.955 bits per heavy atom. The minimum absolute atomic E-state index is 0.0637. The van der Waals surface area contributed by atoms with Crippen molar-refractivity contribution in [1.82, 2.24) is 10.2 Å². The molecule has 0 radical (unpaired) electrons. The number of piperidine rings is 1. The van der Waals surface area contributed by atoms with Crippen LogP contribution in [0.5, 0.6) is 5.75 Å². The van der Waals surface area contributed by atoms with Crippen LogP contribution in [0.1, 0.15) is 121 Å². The normalized spacial score (nSPS) is 16.9. The minimum atomic E-state index is -0.323. The van der Waals surface area contributed by atoms with E-state index in [-0.39, 0.29) is 11.6 Å². The van der Waals surface area contributed by atoms with Crippen LogP contribution in [0, 0.1) is 5.82 Å². The highest BCUT2D eigenvalue weighted by atomic mass is 19.1. The highest BCUT2D eigenvalue weighted by molar-refractivity contribution is 5.95. The number of anilines is 1. The molecular formula is C37H58FN3O3. The van der Waals surface area contributed by atoms with E-state index in [4.69, 9.17) is 4.74 Å². The second-order valence-electron chi connectivity index (χ2n) is 11.5. The Hall–Kier alpha value is -2.93. The number of ketones is 1. The van der Waals surface area contributed by atoms with Crippen LogP contribution in [-0.2, 0) is 4.79 Å². The lowest BCUT2D eigenvalue weighted by Gasteiger charge is -2.39. The van der Waals surface area contributed by atoms with Gasteiger partial charge >= 0.3 is 0 Å². The van der Waals surface area contributed by atoms with Gasteiger partial charge in [-0.3, -0.25) is 9.59 Å². The number of para-hydroxylation sites is 1. The van der Waals surface area contributed by atoms with E-state index in [9.17, 15) is 14.0 Å². The molecule has 0 spiro atoms. The molecule has 0 bridgehead atoms. The summed E-state index contributed by atoms with van der Waals surface area (Å²) in [5.74, 6) is 1.05. The van der Waals surface area contributed by atoms with Gasteiger partial charge in [0.05, 0.1) is 12.3 Å². The van der Waals surface area contributed by atoms with Crippen molar-refractivity contribution in [3.05, 3.63) is 59.4 Å². The quantitative estimate of drug-likeness (QED) is 0.111. The first-order chi connectivity index (χ1) is 21.5. The van der Waals surface area contributed by atoms with E-state index < -0.39 is 0 Å². The molecule has 2 aliphatic heterocycles. The molecule has 246 valence electrons. The molecule has 1 N–H and O–H groups in total. The molecule has 0 aliphatic carbocycles. The van der Waals surface area contributed by atoms with Gasteiger partial charge in [0.15, 0.2) is 5.78 Å². The molecule has 2 heterocycles. The van der Waals surface area contributed by atoms with Crippen molar-refractivity contribution in [2.75, 3.05) is 44.2 Å². The zero-order chi connectivity index (χ0) is 32.2. The van der Waals surface area contributed by atoms with Gasteiger partial charge in [-0.05, 0) is 61.7 Å². The van der Waals surface area contributed by atoms with Crippen LogP contribution in [0.25, 0.3) is 0 Å². The number of carbonyl (C=O) groups is 2. The van der Waals surface area contributed by atoms with E-state index in [1.165, 1.54) is 55.5 Å². The highest BCUT2D eigenvalue weighted by Gasteiger charge is 2.43. The maximum absolute atomic E-state index is 13.1. The van der Waals surface area contributed by atoms with Crippen LogP contribution in [0.4, 0.5) is 10.1 Å². The van der Waals surface area contributed by atoms with E-state index in [0.717, 1.165) is 64.0 Å². The second kappa shape index (κ2) is 21.7. The van der Waals surface area contributed by atoms with E-state index in [2.05, 4.69) is 54.1 Å². The number of nitrogens with zero attached hydrogens (tertiary/aromatic N) is 2. The van der Waals surface area contributed by atoms with E-state index in [1.54, 1.807) is 12.1 Å².